The number of amides is 1. The molecule has 8 nitrogen and oxygen atoms in total. The van der Waals surface area contributed by atoms with Crippen LogP contribution in [0.15, 0.2) is 36.7 Å². The largest absolute Gasteiger partial charge is 0.508 e. The molecule has 46 heavy (non-hydrogen) atoms. The van der Waals surface area contributed by atoms with Gasteiger partial charge in [0, 0.05) is 42.0 Å². The van der Waals surface area contributed by atoms with Gasteiger partial charge < -0.3 is 19.6 Å². The molecular formula is C34H35ClF3N5O3. The maximum absolute atomic E-state index is 16.8. The van der Waals surface area contributed by atoms with Gasteiger partial charge in [0.2, 0.25) is 0 Å². The van der Waals surface area contributed by atoms with Crippen molar-refractivity contribution in [3.63, 3.8) is 0 Å². The number of nitrogens with zero attached hydrogens (tertiary/aromatic N) is 5. The Morgan fingerprint density at radius 2 is 1.87 bits per heavy atom. The molecule has 5 aliphatic rings. The summed E-state index contributed by atoms with van der Waals surface area (Å²) in [5.74, 6) is -1.68. The predicted molar refractivity (Wildman–Crippen MR) is 168 cm³/mol. The van der Waals surface area contributed by atoms with Crippen molar-refractivity contribution < 1.29 is 27.8 Å². The van der Waals surface area contributed by atoms with Crippen LogP contribution in [-0.2, 0) is 4.79 Å². The van der Waals surface area contributed by atoms with Crippen LogP contribution in [0.2, 0.25) is 5.02 Å². The number of halogens is 4. The quantitative estimate of drug-likeness (QED) is 0.300. The summed E-state index contributed by atoms with van der Waals surface area (Å²) in [5.41, 5.74) is 1.19. The van der Waals surface area contributed by atoms with Gasteiger partial charge >= 0.3 is 6.01 Å². The fourth-order valence-electron chi connectivity index (χ4n) is 8.45. The third kappa shape index (κ3) is 4.89. The van der Waals surface area contributed by atoms with E-state index in [1.807, 2.05) is 4.90 Å². The summed E-state index contributed by atoms with van der Waals surface area (Å²) < 4.78 is 51.4. The summed E-state index contributed by atoms with van der Waals surface area (Å²) in [5, 5.41) is 11.3. The van der Waals surface area contributed by atoms with Gasteiger partial charge in [-0.25, -0.2) is 13.2 Å². The number of alkyl halides is 1. The Morgan fingerprint density at radius 3 is 2.59 bits per heavy atom. The molecule has 1 aliphatic carbocycles. The number of hydrogen-bond donors (Lipinski definition) is 1. The zero-order chi connectivity index (χ0) is 31.9. The highest BCUT2D eigenvalue weighted by molar-refractivity contribution is 6.32. The third-order valence-corrected chi connectivity index (χ3v) is 10.9. The Hall–Kier alpha value is -3.57. The van der Waals surface area contributed by atoms with E-state index in [1.165, 1.54) is 12.1 Å². The van der Waals surface area contributed by atoms with Crippen molar-refractivity contribution in [1.29, 1.82) is 0 Å². The number of hydrogen-bond acceptors (Lipinski definition) is 7. The van der Waals surface area contributed by atoms with Gasteiger partial charge in [0.05, 0.1) is 17.6 Å². The Morgan fingerprint density at radius 1 is 1.11 bits per heavy atom. The molecule has 1 saturated carbocycles. The fourth-order valence-corrected chi connectivity index (χ4v) is 8.82. The average Bonchev–Trinajstić information content (AvgIpc) is 3.63. The van der Waals surface area contributed by atoms with Crippen LogP contribution in [-0.4, -0.2) is 87.4 Å². The standard InChI is InChI=1S/C34H35ClF3N5O3/c1-18(36)32(45)43-21-5-6-22(43)16-41(15-21)31-25-8-7-24(26-11-23(44)12-27(35)28(26)19-3-4-19)29(38)30(25)39-33(40-31)46-17-34-9-2-10-42(34)14-20(37)13-34/h7-8,11-12,19-22,44H,1-6,9-10,13-17H2/t20-,21?,22?,34+/m1/s1. The van der Waals surface area contributed by atoms with Crippen molar-refractivity contribution >= 4 is 34.2 Å². The minimum Gasteiger partial charge on any atom is -0.508 e. The Labute approximate surface area is 269 Å². The van der Waals surface area contributed by atoms with Gasteiger partial charge in [-0.2, -0.15) is 9.97 Å². The Kier molecular flexibility index (Phi) is 7.13. The first-order chi connectivity index (χ1) is 22.1. The highest BCUT2D eigenvalue weighted by atomic mass is 35.5. The molecule has 1 aromatic heterocycles. The number of piperazine rings is 1. The molecule has 3 aromatic rings. The lowest BCUT2D eigenvalue weighted by molar-refractivity contribution is -0.131. The number of anilines is 1. The normalized spacial score (nSPS) is 27.4. The minimum atomic E-state index is -0.983. The maximum Gasteiger partial charge on any atom is 0.319 e. The summed E-state index contributed by atoms with van der Waals surface area (Å²) in [4.78, 5) is 27.7. The number of ether oxygens (including phenoxy) is 1. The first kappa shape index (κ1) is 29.8. The Bertz CT molecular complexity index is 1760. The summed E-state index contributed by atoms with van der Waals surface area (Å²) >= 11 is 6.56. The van der Waals surface area contributed by atoms with Crippen LogP contribution in [0.5, 0.6) is 11.8 Å². The molecule has 2 aromatic carbocycles. The van der Waals surface area contributed by atoms with Crippen LogP contribution in [0.25, 0.3) is 22.0 Å². The topological polar surface area (TPSA) is 82.0 Å². The SMILES string of the molecule is C=C(F)C(=O)N1C2CCC1CN(c1nc(OC[C@@]34CCCN3C[C@H](F)C4)nc3c(F)c(-c4cc(O)cc(Cl)c4C4CC4)ccc13)C2. The third-order valence-electron chi connectivity index (χ3n) is 10.6. The van der Waals surface area contributed by atoms with Crippen molar-refractivity contribution in [2.75, 3.05) is 37.7 Å². The van der Waals surface area contributed by atoms with Gasteiger partial charge in [-0.1, -0.05) is 24.2 Å². The minimum absolute atomic E-state index is 0.0126. The molecule has 12 heteroatoms. The highest BCUT2D eigenvalue weighted by Gasteiger charge is 2.50. The number of fused-ring (bicyclic) bond motifs is 4. The van der Waals surface area contributed by atoms with Crippen molar-refractivity contribution in [3.8, 4) is 22.9 Å². The summed E-state index contributed by atoms with van der Waals surface area (Å²) in [6, 6.07) is 5.94. The van der Waals surface area contributed by atoms with Crippen molar-refractivity contribution in [1.82, 2.24) is 19.8 Å². The number of phenolic OH excluding ortho intramolecular Hbond substituents is 1. The van der Waals surface area contributed by atoms with E-state index < -0.39 is 29.3 Å². The van der Waals surface area contributed by atoms with Gasteiger partial charge in [0.25, 0.3) is 5.91 Å². The fraction of sp³-hybridized carbons (Fsp3) is 0.500. The van der Waals surface area contributed by atoms with Crippen LogP contribution in [0.1, 0.15) is 56.4 Å². The molecule has 4 aliphatic heterocycles. The average molecular weight is 654 g/mol. The van der Waals surface area contributed by atoms with Crippen molar-refractivity contribution in [3.05, 3.63) is 53.1 Å². The van der Waals surface area contributed by atoms with Gasteiger partial charge in [0.1, 0.15) is 29.9 Å². The first-order valence-corrected chi connectivity index (χ1v) is 16.5. The molecule has 5 heterocycles. The molecule has 4 saturated heterocycles. The van der Waals surface area contributed by atoms with Crippen LogP contribution < -0.4 is 9.64 Å². The zero-order valence-corrected chi connectivity index (χ0v) is 26.1. The molecule has 0 radical (unpaired) electrons. The van der Waals surface area contributed by atoms with Gasteiger partial charge in [0.15, 0.2) is 11.6 Å². The molecule has 2 bridgehead atoms. The van der Waals surface area contributed by atoms with E-state index in [1.54, 1.807) is 17.0 Å². The molecule has 0 spiro atoms. The van der Waals surface area contributed by atoms with E-state index >= 15 is 4.39 Å². The zero-order valence-electron chi connectivity index (χ0n) is 25.3. The van der Waals surface area contributed by atoms with Gasteiger partial charge in [-0.15, -0.1) is 0 Å². The van der Waals surface area contributed by atoms with E-state index in [0.717, 1.165) is 37.8 Å². The van der Waals surface area contributed by atoms with E-state index in [2.05, 4.69) is 16.5 Å². The van der Waals surface area contributed by atoms with E-state index in [-0.39, 0.29) is 47.4 Å². The summed E-state index contributed by atoms with van der Waals surface area (Å²) in [7, 11) is 0. The van der Waals surface area contributed by atoms with E-state index in [9.17, 15) is 18.7 Å². The molecular weight excluding hydrogens is 619 g/mol. The smallest absolute Gasteiger partial charge is 0.319 e. The molecule has 8 rings (SSSR count). The summed E-state index contributed by atoms with van der Waals surface area (Å²) in [6.45, 7) is 5.32. The highest BCUT2D eigenvalue weighted by Crippen LogP contribution is 2.50. The molecule has 1 N–H and O–H groups in total. The number of rotatable bonds is 7. The number of carbonyl (C=O) groups is 1. The molecule has 4 atom stereocenters. The number of benzene rings is 2. The van der Waals surface area contributed by atoms with Crippen LogP contribution >= 0.6 is 11.6 Å². The molecule has 5 fully saturated rings. The second-order valence-electron chi connectivity index (χ2n) is 13.6. The van der Waals surface area contributed by atoms with Crippen LogP contribution in [0.4, 0.5) is 19.0 Å². The number of aromatic hydroxyl groups is 1. The van der Waals surface area contributed by atoms with Gasteiger partial charge in [-0.05, 0) is 80.3 Å². The second kappa shape index (κ2) is 11.0. The molecule has 1 amide bonds. The summed E-state index contributed by atoms with van der Waals surface area (Å²) in [6.07, 6.45) is 4.46. The predicted octanol–water partition coefficient (Wildman–Crippen LogP) is 6.29. The number of phenols is 1. The lowest BCUT2D eigenvalue weighted by Gasteiger charge is -2.41. The van der Waals surface area contributed by atoms with Gasteiger partial charge in [-0.3, -0.25) is 9.69 Å². The monoisotopic (exact) mass is 653 g/mol. The number of aromatic nitrogens is 2. The lowest BCUT2D eigenvalue weighted by Crippen LogP contribution is -2.56. The lowest BCUT2D eigenvalue weighted by atomic mass is 9.94. The van der Waals surface area contributed by atoms with E-state index in [4.69, 9.17) is 21.3 Å². The first-order valence-electron chi connectivity index (χ1n) is 16.1. The number of carbonyl (C=O) groups excluding carboxylic acids is 1. The molecule has 2 unspecified atom stereocenters. The van der Waals surface area contributed by atoms with Crippen LogP contribution in [0.3, 0.4) is 0 Å². The molecule has 242 valence electrons. The van der Waals surface area contributed by atoms with Crippen molar-refractivity contribution in [2.24, 2.45) is 0 Å². The second-order valence-corrected chi connectivity index (χ2v) is 14.0. The maximum atomic E-state index is 16.8. The van der Waals surface area contributed by atoms with Crippen molar-refractivity contribution in [2.45, 2.75) is 74.7 Å². The van der Waals surface area contributed by atoms with Crippen LogP contribution in [0, 0.1) is 5.82 Å². The van der Waals surface area contributed by atoms with E-state index in [0.29, 0.717) is 60.7 Å². The Balaban J connectivity index is 1.21.